The molecule has 0 saturated heterocycles. The number of halogens is 3. The normalized spacial score (nSPS) is 9.92. The predicted molar refractivity (Wildman–Crippen MR) is 48.8 cm³/mol. The maximum Gasteiger partial charge on any atom is 0.335 e. The number of carboxylic acid groups (broad SMARTS) is 1. The van der Waals surface area contributed by atoms with Crippen LogP contribution in [0.2, 0.25) is 0 Å². The van der Waals surface area contributed by atoms with Crippen molar-refractivity contribution >= 4 is 37.8 Å². The largest absolute Gasteiger partial charge is 0.478 e. The summed E-state index contributed by atoms with van der Waals surface area (Å²) >= 11 is 5.96. The van der Waals surface area contributed by atoms with E-state index in [-0.39, 0.29) is 10.0 Å². The lowest BCUT2D eigenvalue weighted by Gasteiger charge is -1.99. The van der Waals surface area contributed by atoms with Gasteiger partial charge in [-0.15, -0.1) is 0 Å². The highest BCUT2D eigenvalue weighted by molar-refractivity contribution is 9.13. The minimum atomic E-state index is -1.15. The van der Waals surface area contributed by atoms with Crippen molar-refractivity contribution in [3.05, 3.63) is 32.5 Å². The summed E-state index contributed by atoms with van der Waals surface area (Å²) < 4.78 is 13.5. The summed E-state index contributed by atoms with van der Waals surface area (Å²) in [6, 6.07) is 2.28. The van der Waals surface area contributed by atoms with Crippen LogP contribution >= 0.6 is 31.9 Å². The fourth-order valence-electron chi connectivity index (χ4n) is 0.679. The molecule has 1 N–H and O–H groups in total. The van der Waals surface area contributed by atoms with Gasteiger partial charge in [0.1, 0.15) is 5.82 Å². The average molecular weight is 298 g/mol. The first-order valence-corrected chi connectivity index (χ1v) is 4.49. The molecule has 0 aliphatic rings. The van der Waals surface area contributed by atoms with Crippen molar-refractivity contribution in [3.63, 3.8) is 0 Å². The van der Waals surface area contributed by atoms with Crippen LogP contribution in [-0.2, 0) is 0 Å². The number of hydrogen-bond acceptors (Lipinski definition) is 1. The third kappa shape index (κ3) is 1.84. The minimum absolute atomic E-state index is 0.0809. The second-order valence-corrected chi connectivity index (χ2v) is 3.71. The number of rotatable bonds is 1. The number of carboxylic acids is 1. The zero-order valence-electron chi connectivity index (χ0n) is 5.64. The van der Waals surface area contributed by atoms with Gasteiger partial charge in [0.25, 0.3) is 0 Å². The average Bonchev–Trinajstić information content (AvgIpc) is 1.99. The lowest BCUT2D eigenvalue weighted by molar-refractivity contribution is 0.0696. The second kappa shape index (κ2) is 3.53. The molecule has 0 amide bonds. The van der Waals surface area contributed by atoms with Crippen LogP contribution in [0.25, 0.3) is 0 Å². The summed E-state index contributed by atoms with van der Waals surface area (Å²) in [5.41, 5.74) is -0.0809. The molecule has 64 valence electrons. The standard InChI is InChI=1S/C7H3Br2FO2/c8-4-1-3(7(11)12)2-5(10)6(4)9/h1-2H,(H,11,12). The molecule has 2 nitrogen and oxygen atoms in total. The van der Waals surface area contributed by atoms with E-state index in [2.05, 4.69) is 31.9 Å². The summed E-state index contributed by atoms with van der Waals surface area (Å²) in [5.74, 6) is -1.75. The molecular weight excluding hydrogens is 295 g/mol. The van der Waals surface area contributed by atoms with E-state index >= 15 is 0 Å². The first-order valence-electron chi connectivity index (χ1n) is 2.90. The van der Waals surface area contributed by atoms with E-state index in [4.69, 9.17) is 5.11 Å². The molecule has 0 aromatic heterocycles. The molecular formula is C7H3Br2FO2. The van der Waals surface area contributed by atoms with Crippen molar-refractivity contribution in [1.82, 2.24) is 0 Å². The van der Waals surface area contributed by atoms with Crippen LogP contribution in [-0.4, -0.2) is 11.1 Å². The maximum absolute atomic E-state index is 12.9. The first kappa shape index (κ1) is 9.67. The molecule has 0 aliphatic heterocycles. The van der Waals surface area contributed by atoms with E-state index in [0.717, 1.165) is 6.07 Å². The van der Waals surface area contributed by atoms with Gasteiger partial charge in [0.2, 0.25) is 0 Å². The third-order valence-corrected chi connectivity index (χ3v) is 3.19. The molecule has 1 rings (SSSR count). The second-order valence-electron chi connectivity index (χ2n) is 2.06. The molecule has 12 heavy (non-hydrogen) atoms. The lowest BCUT2D eigenvalue weighted by Crippen LogP contribution is -1.97. The number of carbonyl (C=O) groups is 1. The Kier molecular flexibility index (Phi) is 2.85. The van der Waals surface area contributed by atoms with Crippen molar-refractivity contribution in [2.24, 2.45) is 0 Å². The van der Waals surface area contributed by atoms with Gasteiger partial charge in [-0.3, -0.25) is 0 Å². The van der Waals surface area contributed by atoms with Crippen LogP contribution < -0.4 is 0 Å². The molecule has 0 unspecified atom stereocenters. The first-order chi connectivity index (χ1) is 5.52. The third-order valence-electron chi connectivity index (χ3n) is 1.23. The van der Waals surface area contributed by atoms with E-state index in [1.165, 1.54) is 6.07 Å². The van der Waals surface area contributed by atoms with E-state index < -0.39 is 11.8 Å². The van der Waals surface area contributed by atoms with E-state index in [9.17, 15) is 9.18 Å². The molecule has 0 fully saturated rings. The fraction of sp³-hybridized carbons (Fsp3) is 0. The number of aromatic carboxylic acids is 1. The Morgan fingerprint density at radius 3 is 2.42 bits per heavy atom. The molecule has 1 aromatic rings. The van der Waals surface area contributed by atoms with Crippen molar-refractivity contribution in [2.75, 3.05) is 0 Å². The molecule has 0 spiro atoms. The molecule has 1 aromatic carbocycles. The van der Waals surface area contributed by atoms with Crippen molar-refractivity contribution in [2.45, 2.75) is 0 Å². The highest BCUT2D eigenvalue weighted by Gasteiger charge is 2.10. The minimum Gasteiger partial charge on any atom is -0.478 e. The van der Waals surface area contributed by atoms with Gasteiger partial charge in [0.05, 0.1) is 10.0 Å². The monoisotopic (exact) mass is 296 g/mol. The van der Waals surface area contributed by atoms with Crippen molar-refractivity contribution < 1.29 is 14.3 Å². The Labute approximate surface area is 84.7 Å². The molecule has 0 aliphatic carbocycles. The summed E-state index contributed by atoms with van der Waals surface area (Å²) in [6.45, 7) is 0. The Balaban J connectivity index is 3.31. The van der Waals surface area contributed by atoms with E-state index in [1.54, 1.807) is 0 Å². The van der Waals surface area contributed by atoms with Crippen LogP contribution in [0, 0.1) is 5.82 Å². The zero-order valence-corrected chi connectivity index (χ0v) is 8.82. The predicted octanol–water partition coefficient (Wildman–Crippen LogP) is 3.05. The van der Waals surface area contributed by atoms with Crippen LogP contribution in [0.15, 0.2) is 21.1 Å². The summed E-state index contributed by atoms with van der Waals surface area (Å²) in [4.78, 5) is 10.4. The maximum atomic E-state index is 12.9. The molecule has 5 heteroatoms. The molecule has 0 atom stereocenters. The highest BCUT2D eigenvalue weighted by atomic mass is 79.9. The van der Waals surface area contributed by atoms with E-state index in [0.29, 0.717) is 4.47 Å². The Morgan fingerprint density at radius 2 is 2.00 bits per heavy atom. The topological polar surface area (TPSA) is 37.3 Å². The molecule has 0 saturated carbocycles. The van der Waals surface area contributed by atoms with Gasteiger partial charge in [-0.05, 0) is 44.0 Å². The smallest absolute Gasteiger partial charge is 0.335 e. The molecule has 0 heterocycles. The van der Waals surface area contributed by atoms with Gasteiger partial charge in [0, 0.05) is 4.47 Å². The van der Waals surface area contributed by atoms with Crippen LogP contribution in [0.1, 0.15) is 10.4 Å². The van der Waals surface area contributed by atoms with Crippen molar-refractivity contribution in [3.8, 4) is 0 Å². The van der Waals surface area contributed by atoms with Gasteiger partial charge in [-0.1, -0.05) is 0 Å². The van der Waals surface area contributed by atoms with Crippen LogP contribution in [0.3, 0.4) is 0 Å². The summed E-state index contributed by atoms with van der Waals surface area (Å²) in [5, 5.41) is 8.52. The quantitative estimate of drug-likeness (QED) is 0.809. The van der Waals surface area contributed by atoms with Gasteiger partial charge in [-0.2, -0.15) is 0 Å². The fourth-order valence-corrected chi connectivity index (χ4v) is 1.34. The van der Waals surface area contributed by atoms with Gasteiger partial charge in [-0.25, -0.2) is 9.18 Å². The van der Waals surface area contributed by atoms with Crippen molar-refractivity contribution in [1.29, 1.82) is 0 Å². The highest BCUT2D eigenvalue weighted by Crippen LogP contribution is 2.27. The molecule has 0 radical (unpaired) electrons. The van der Waals surface area contributed by atoms with Crippen LogP contribution in [0.5, 0.6) is 0 Å². The van der Waals surface area contributed by atoms with Gasteiger partial charge >= 0.3 is 5.97 Å². The Bertz CT molecular complexity index is 315. The van der Waals surface area contributed by atoms with Gasteiger partial charge < -0.3 is 5.11 Å². The number of benzene rings is 1. The Morgan fingerprint density at radius 1 is 1.42 bits per heavy atom. The Hall–Kier alpha value is -0.420. The SMILES string of the molecule is O=C(O)c1cc(F)c(Br)c(Br)c1. The summed E-state index contributed by atoms with van der Waals surface area (Å²) in [6.07, 6.45) is 0. The van der Waals surface area contributed by atoms with Gasteiger partial charge in [0.15, 0.2) is 0 Å². The lowest BCUT2D eigenvalue weighted by atomic mass is 10.2. The summed E-state index contributed by atoms with van der Waals surface area (Å²) in [7, 11) is 0. The van der Waals surface area contributed by atoms with Crippen LogP contribution in [0.4, 0.5) is 4.39 Å². The van der Waals surface area contributed by atoms with E-state index in [1.807, 2.05) is 0 Å². The zero-order chi connectivity index (χ0) is 9.30. The molecule has 0 bridgehead atoms. The number of hydrogen-bond donors (Lipinski definition) is 1.